The third kappa shape index (κ3) is 2.87. The van der Waals surface area contributed by atoms with Gasteiger partial charge in [0.1, 0.15) is 5.75 Å². The molecule has 2 nitrogen and oxygen atoms in total. The molecule has 2 N–H and O–H groups in total. The lowest BCUT2D eigenvalue weighted by molar-refractivity contribution is 0.471. The highest BCUT2D eigenvalue weighted by Gasteiger charge is 2.10. The Bertz CT molecular complexity index is 565. The van der Waals surface area contributed by atoms with E-state index in [-0.39, 0.29) is 6.04 Å². The molecule has 2 aromatic rings. The van der Waals surface area contributed by atoms with Gasteiger partial charge in [-0.05, 0) is 66.0 Å². The van der Waals surface area contributed by atoms with Crippen LogP contribution in [0.2, 0.25) is 0 Å². The zero-order valence-electron chi connectivity index (χ0n) is 10.6. The van der Waals surface area contributed by atoms with E-state index in [0.717, 1.165) is 21.3 Å². The van der Waals surface area contributed by atoms with E-state index in [1.807, 2.05) is 19.9 Å². The Morgan fingerprint density at radius 3 is 2.56 bits per heavy atom. The normalized spacial score (nSPS) is 12.4. The van der Waals surface area contributed by atoms with E-state index in [9.17, 15) is 5.11 Å². The Hall–Kier alpha value is -1.00. The third-order valence-electron chi connectivity index (χ3n) is 2.93. The lowest BCUT2D eigenvalue weighted by Gasteiger charge is -2.17. The lowest BCUT2D eigenvalue weighted by Crippen LogP contribution is -2.06. The standard InChI is InChI=1S/C14H16BrNOS/c1-8-5-13(17)9(2)4-12(8)16-10(3)14-6-11(15)7-18-14/h4-7,10,16-17H,1-3H3. The lowest BCUT2D eigenvalue weighted by atomic mass is 10.1. The van der Waals surface area contributed by atoms with E-state index < -0.39 is 0 Å². The van der Waals surface area contributed by atoms with E-state index in [1.165, 1.54) is 4.88 Å². The number of phenols is 1. The van der Waals surface area contributed by atoms with Gasteiger partial charge in [-0.25, -0.2) is 0 Å². The summed E-state index contributed by atoms with van der Waals surface area (Å²) in [7, 11) is 0. The van der Waals surface area contributed by atoms with Crippen molar-refractivity contribution in [3.63, 3.8) is 0 Å². The van der Waals surface area contributed by atoms with Gasteiger partial charge in [0.25, 0.3) is 0 Å². The molecule has 1 aromatic carbocycles. The SMILES string of the molecule is Cc1cc(NC(C)c2cc(Br)cs2)c(C)cc1O. The van der Waals surface area contributed by atoms with Crippen molar-refractivity contribution in [2.45, 2.75) is 26.8 Å². The van der Waals surface area contributed by atoms with Gasteiger partial charge in [0.2, 0.25) is 0 Å². The molecular formula is C14H16BrNOS. The van der Waals surface area contributed by atoms with Gasteiger partial charge in [0.15, 0.2) is 0 Å². The molecule has 18 heavy (non-hydrogen) atoms. The maximum atomic E-state index is 9.65. The summed E-state index contributed by atoms with van der Waals surface area (Å²) in [5, 5.41) is 15.2. The smallest absolute Gasteiger partial charge is 0.118 e. The summed E-state index contributed by atoms with van der Waals surface area (Å²) in [6.07, 6.45) is 0. The Morgan fingerprint density at radius 2 is 1.94 bits per heavy atom. The Labute approximate surface area is 120 Å². The van der Waals surface area contributed by atoms with E-state index in [0.29, 0.717) is 5.75 Å². The van der Waals surface area contributed by atoms with Crippen LogP contribution in [-0.4, -0.2) is 5.11 Å². The average molecular weight is 326 g/mol. The number of aryl methyl sites for hydroxylation is 2. The fraction of sp³-hybridized carbons (Fsp3) is 0.286. The van der Waals surface area contributed by atoms with Gasteiger partial charge in [-0.1, -0.05) is 0 Å². The van der Waals surface area contributed by atoms with Crippen molar-refractivity contribution in [3.05, 3.63) is 44.1 Å². The van der Waals surface area contributed by atoms with E-state index in [1.54, 1.807) is 17.4 Å². The summed E-state index contributed by atoms with van der Waals surface area (Å²) in [6, 6.07) is 6.17. The van der Waals surface area contributed by atoms with Crippen molar-refractivity contribution in [3.8, 4) is 5.75 Å². The molecule has 4 heteroatoms. The highest BCUT2D eigenvalue weighted by Crippen LogP contribution is 2.31. The number of rotatable bonds is 3. The topological polar surface area (TPSA) is 32.3 Å². The van der Waals surface area contributed by atoms with E-state index >= 15 is 0 Å². The van der Waals surface area contributed by atoms with Gasteiger partial charge in [0, 0.05) is 20.4 Å². The van der Waals surface area contributed by atoms with Gasteiger partial charge in [-0.3, -0.25) is 0 Å². The molecule has 0 amide bonds. The van der Waals surface area contributed by atoms with Crippen molar-refractivity contribution in [2.24, 2.45) is 0 Å². The first-order valence-corrected chi connectivity index (χ1v) is 7.45. The van der Waals surface area contributed by atoms with Crippen LogP contribution in [0.5, 0.6) is 5.75 Å². The largest absolute Gasteiger partial charge is 0.508 e. The first-order chi connectivity index (χ1) is 8.47. The Kier molecular flexibility index (Phi) is 3.97. The Morgan fingerprint density at radius 1 is 1.22 bits per heavy atom. The molecule has 2 rings (SSSR count). The van der Waals surface area contributed by atoms with Crippen molar-refractivity contribution in [1.29, 1.82) is 0 Å². The first-order valence-electron chi connectivity index (χ1n) is 5.78. The van der Waals surface area contributed by atoms with Crippen LogP contribution >= 0.6 is 27.3 Å². The number of hydrogen-bond acceptors (Lipinski definition) is 3. The zero-order valence-corrected chi connectivity index (χ0v) is 13.0. The second-order valence-electron chi connectivity index (χ2n) is 4.49. The van der Waals surface area contributed by atoms with Gasteiger partial charge in [0.05, 0.1) is 6.04 Å². The summed E-state index contributed by atoms with van der Waals surface area (Å²) in [5.41, 5.74) is 3.02. The fourth-order valence-corrected chi connectivity index (χ4v) is 3.27. The molecule has 1 aromatic heterocycles. The molecule has 0 aliphatic rings. The molecule has 1 unspecified atom stereocenters. The molecule has 0 aliphatic heterocycles. The molecule has 1 heterocycles. The molecule has 0 saturated carbocycles. The van der Waals surface area contributed by atoms with E-state index in [4.69, 9.17) is 0 Å². The summed E-state index contributed by atoms with van der Waals surface area (Å²) in [4.78, 5) is 1.28. The van der Waals surface area contributed by atoms with Crippen LogP contribution in [0, 0.1) is 13.8 Å². The monoisotopic (exact) mass is 325 g/mol. The quantitative estimate of drug-likeness (QED) is 0.778. The van der Waals surface area contributed by atoms with E-state index in [2.05, 4.69) is 39.6 Å². The van der Waals surface area contributed by atoms with Gasteiger partial charge in [-0.15, -0.1) is 11.3 Å². The number of aromatic hydroxyl groups is 1. The minimum atomic E-state index is 0.254. The molecule has 0 bridgehead atoms. The third-order valence-corrected chi connectivity index (χ3v) is 4.81. The summed E-state index contributed by atoms with van der Waals surface area (Å²) >= 11 is 5.20. The first kappa shape index (κ1) is 13.4. The number of nitrogens with one attached hydrogen (secondary N) is 1. The highest BCUT2D eigenvalue weighted by molar-refractivity contribution is 9.10. The maximum Gasteiger partial charge on any atom is 0.118 e. The van der Waals surface area contributed by atoms with Crippen LogP contribution in [0.15, 0.2) is 28.1 Å². The maximum absolute atomic E-state index is 9.65. The van der Waals surface area contributed by atoms with Crippen molar-refractivity contribution in [2.75, 3.05) is 5.32 Å². The second kappa shape index (κ2) is 5.33. The van der Waals surface area contributed by atoms with Crippen LogP contribution in [0.4, 0.5) is 5.69 Å². The molecule has 0 spiro atoms. The molecule has 0 fully saturated rings. The number of phenolic OH excluding ortho intramolecular Hbond substituents is 1. The number of hydrogen-bond donors (Lipinski definition) is 2. The number of halogens is 1. The second-order valence-corrected chi connectivity index (χ2v) is 6.35. The van der Waals surface area contributed by atoms with Gasteiger partial charge < -0.3 is 10.4 Å². The molecule has 0 radical (unpaired) electrons. The Balaban J connectivity index is 2.21. The predicted octanol–water partition coefficient (Wildman–Crippen LogP) is 5.01. The van der Waals surface area contributed by atoms with Crippen LogP contribution in [-0.2, 0) is 0 Å². The molecular weight excluding hydrogens is 310 g/mol. The molecule has 0 aliphatic carbocycles. The number of thiophene rings is 1. The van der Waals surface area contributed by atoms with Crippen LogP contribution in [0.1, 0.15) is 29.0 Å². The molecule has 0 saturated heterocycles. The van der Waals surface area contributed by atoms with Crippen LogP contribution in [0.25, 0.3) is 0 Å². The van der Waals surface area contributed by atoms with Gasteiger partial charge >= 0.3 is 0 Å². The van der Waals surface area contributed by atoms with Crippen molar-refractivity contribution < 1.29 is 5.11 Å². The fourth-order valence-electron chi connectivity index (χ4n) is 1.82. The molecule has 1 atom stereocenters. The number of anilines is 1. The summed E-state index contributed by atoms with van der Waals surface area (Å²) < 4.78 is 1.12. The predicted molar refractivity (Wildman–Crippen MR) is 81.6 cm³/mol. The number of benzene rings is 1. The van der Waals surface area contributed by atoms with Crippen LogP contribution < -0.4 is 5.32 Å². The average Bonchev–Trinajstić information content (AvgIpc) is 2.73. The summed E-state index contributed by atoms with van der Waals surface area (Å²) in [5.74, 6) is 0.351. The highest BCUT2D eigenvalue weighted by atomic mass is 79.9. The van der Waals surface area contributed by atoms with Gasteiger partial charge in [-0.2, -0.15) is 0 Å². The summed E-state index contributed by atoms with van der Waals surface area (Å²) in [6.45, 7) is 6.05. The van der Waals surface area contributed by atoms with Crippen LogP contribution in [0.3, 0.4) is 0 Å². The van der Waals surface area contributed by atoms with Crippen molar-refractivity contribution in [1.82, 2.24) is 0 Å². The minimum Gasteiger partial charge on any atom is -0.508 e. The minimum absolute atomic E-state index is 0.254. The zero-order chi connectivity index (χ0) is 13.3. The molecule has 96 valence electrons. The van der Waals surface area contributed by atoms with Crippen molar-refractivity contribution >= 4 is 33.0 Å².